The average Bonchev–Trinajstić information content (AvgIpc) is 2.94. The van der Waals surface area contributed by atoms with Gasteiger partial charge in [0.1, 0.15) is 0 Å². The van der Waals surface area contributed by atoms with E-state index < -0.39 is 0 Å². The van der Waals surface area contributed by atoms with E-state index in [9.17, 15) is 4.79 Å². The number of nitrogens with zero attached hydrogens (tertiary/aromatic N) is 3. The molecular weight excluding hydrogens is 357 g/mol. The Balaban J connectivity index is 2.14. The van der Waals surface area contributed by atoms with Gasteiger partial charge in [-0.1, -0.05) is 41.4 Å². The fourth-order valence-electron chi connectivity index (χ4n) is 2.91. The first kappa shape index (κ1) is 15.9. The molecule has 0 spiro atoms. The smallest absolute Gasteiger partial charge is 0.267 e. The van der Waals surface area contributed by atoms with E-state index >= 15 is 0 Å². The maximum absolute atomic E-state index is 12.6. The lowest BCUT2D eigenvalue weighted by atomic mass is 10.1. The van der Waals surface area contributed by atoms with Gasteiger partial charge in [0.15, 0.2) is 5.65 Å². The molecule has 0 amide bonds. The molecule has 0 saturated carbocycles. The molecule has 25 heavy (non-hydrogen) atoms. The van der Waals surface area contributed by atoms with Gasteiger partial charge in [-0.3, -0.25) is 4.79 Å². The van der Waals surface area contributed by atoms with Gasteiger partial charge in [0.2, 0.25) is 0 Å². The SMILES string of the molecule is Cc1cc(=O)n2c(cc(-c3cccc(Cl)c3)n2-c2cccc(Cl)c2)n1. The van der Waals surface area contributed by atoms with E-state index in [0.29, 0.717) is 21.4 Å². The molecule has 4 rings (SSSR count). The van der Waals surface area contributed by atoms with Crippen LogP contribution in [0.1, 0.15) is 5.69 Å². The normalized spacial score (nSPS) is 11.2. The van der Waals surface area contributed by atoms with Crippen molar-refractivity contribution in [3.63, 3.8) is 0 Å². The van der Waals surface area contributed by atoms with Gasteiger partial charge in [-0.2, -0.15) is 4.52 Å². The van der Waals surface area contributed by atoms with Crippen molar-refractivity contribution >= 4 is 28.8 Å². The molecule has 0 bridgehead atoms. The molecule has 0 atom stereocenters. The number of halogens is 2. The Labute approximate surface area is 153 Å². The molecule has 6 heteroatoms. The van der Waals surface area contributed by atoms with E-state index in [1.54, 1.807) is 19.1 Å². The Bertz CT molecular complexity index is 1160. The highest BCUT2D eigenvalue weighted by atomic mass is 35.5. The van der Waals surface area contributed by atoms with Crippen molar-refractivity contribution in [2.24, 2.45) is 0 Å². The van der Waals surface area contributed by atoms with Crippen LogP contribution in [0.2, 0.25) is 10.0 Å². The van der Waals surface area contributed by atoms with Crippen LogP contribution in [-0.2, 0) is 0 Å². The van der Waals surface area contributed by atoms with E-state index in [1.165, 1.54) is 10.6 Å². The second-order valence-electron chi connectivity index (χ2n) is 5.74. The molecule has 2 heterocycles. The summed E-state index contributed by atoms with van der Waals surface area (Å²) in [5.74, 6) is 0. The Morgan fingerprint density at radius 2 is 1.64 bits per heavy atom. The van der Waals surface area contributed by atoms with E-state index in [4.69, 9.17) is 23.2 Å². The molecule has 0 saturated heterocycles. The lowest BCUT2D eigenvalue weighted by molar-refractivity contribution is 0.766. The van der Waals surface area contributed by atoms with Crippen LogP contribution in [0.4, 0.5) is 0 Å². The Hall–Kier alpha value is -2.56. The second kappa shape index (κ2) is 6.06. The molecule has 124 valence electrons. The number of benzene rings is 2. The Kier molecular flexibility index (Phi) is 3.86. The minimum atomic E-state index is -0.157. The molecule has 0 aliphatic rings. The molecule has 4 aromatic rings. The van der Waals surface area contributed by atoms with Crippen LogP contribution in [0.5, 0.6) is 0 Å². The number of hydrogen-bond donors (Lipinski definition) is 0. The van der Waals surface area contributed by atoms with Crippen LogP contribution >= 0.6 is 23.2 Å². The van der Waals surface area contributed by atoms with Gasteiger partial charge in [-0.05, 0) is 37.3 Å². The summed E-state index contributed by atoms with van der Waals surface area (Å²) in [6.45, 7) is 1.80. The minimum absolute atomic E-state index is 0.157. The number of aryl methyl sites for hydroxylation is 1. The van der Waals surface area contributed by atoms with Crippen molar-refractivity contribution in [1.29, 1.82) is 0 Å². The van der Waals surface area contributed by atoms with E-state index in [1.807, 2.05) is 47.1 Å². The van der Waals surface area contributed by atoms with Crippen molar-refractivity contribution in [2.75, 3.05) is 0 Å². The predicted molar refractivity (Wildman–Crippen MR) is 101 cm³/mol. The number of fused-ring (bicyclic) bond motifs is 1. The molecule has 0 aliphatic heterocycles. The van der Waals surface area contributed by atoms with Crippen LogP contribution in [0, 0.1) is 6.92 Å². The highest BCUT2D eigenvalue weighted by molar-refractivity contribution is 6.31. The van der Waals surface area contributed by atoms with Gasteiger partial charge >= 0.3 is 0 Å². The van der Waals surface area contributed by atoms with Crippen molar-refractivity contribution in [1.82, 2.24) is 14.2 Å². The lowest BCUT2D eigenvalue weighted by Crippen LogP contribution is -2.20. The number of aromatic nitrogens is 3. The fraction of sp³-hybridized carbons (Fsp3) is 0.0526. The molecule has 0 fully saturated rings. The van der Waals surface area contributed by atoms with Crippen LogP contribution in [0.15, 0.2) is 65.5 Å². The summed E-state index contributed by atoms with van der Waals surface area (Å²) in [5.41, 5.74) is 3.54. The number of hydrogen-bond acceptors (Lipinski definition) is 2. The molecule has 2 aromatic heterocycles. The zero-order valence-electron chi connectivity index (χ0n) is 13.3. The molecule has 4 nitrogen and oxygen atoms in total. The average molecular weight is 370 g/mol. The van der Waals surface area contributed by atoms with Crippen LogP contribution in [-0.4, -0.2) is 14.2 Å². The standard InChI is InChI=1S/C19H13Cl2N3O/c1-12-8-19(25)24-18(22-12)11-17(13-4-2-5-14(20)9-13)23(24)16-7-3-6-15(21)10-16/h2-11H,1H3. The number of rotatable bonds is 2. The summed E-state index contributed by atoms with van der Waals surface area (Å²) in [5, 5.41) is 1.21. The molecule has 0 aliphatic carbocycles. The predicted octanol–water partition coefficient (Wildman–Crippen LogP) is 4.77. The summed E-state index contributed by atoms with van der Waals surface area (Å²) in [4.78, 5) is 17.1. The van der Waals surface area contributed by atoms with Gasteiger partial charge in [0, 0.05) is 33.4 Å². The first-order chi connectivity index (χ1) is 12.0. The first-order valence-corrected chi connectivity index (χ1v) is 8.43. The summed E-state index contributed by atoms with van der Waals surface area (Å²) in [7, 11) is 0. The summed E-state index contributed by atoms with van der Waals surface area (Å²) >= 11 is 12.3. The van der Waals surface area contributed by atoms with Crippen molar-refractivity contribution in [3.05, 3.63) is 86.8 Å². The molecule has 0 N–H and O–H groups in total. The summed E-state index contributed by atoms with van der Waals surface area (Å²) in [6, 6.07) is 18.2. The van der Waals surface area contributed by atoms with Gasteiger partial charge < -0.3 is 0 Å². The largest absolute Gasteiger partial charge is 0.273 e. The van der Waals surface area contributed by atoms with Gasteiger partial charge in [-0.15, -0.1) is 0 Å². The third kappa shape index (κ3) is 2.84. The van der Waals surface area contributed by atoms with Crippen LogP contribution in [0.25, 0.3) is 22.6 Å². The van der Waals surface area contributed by atoms with Crippen molar-refractivity contribution in [2.45, 2.75) is 6.92 Å². The summed E-state index contributed by atoms with van der Waals surface area (Å²) in [6.07, 6.45) is 0. The minimum Gasteiger partial charge on any atom is -0.267 e. The molecule has 0 radical (unpaired) electrons. The van der Waals surface area contributed by atoms with E-state index in [0.717, 1.165) is 16.9 Å². The molecule has 2 aromatic carbocycles. The van der Waals surface area contributed by atoms with E-state index in [-0.39, 0.29) is 5.56 Å². The topological polar surface area (TPSA) is 39.3 Å². The monoisotopic (exact) mass is 369 g/mol. The maximum atomic E-state index is 12.6. The second-order valence-corrected chi connectivity index (χ2v) is 6.61. The molecule has 0 unspecified atom stereocenters. The van der Waals surface area contributed by atoms with Crippen molar-refractivity contribution < 1.29 is 0 Å². The van der Waals surface area contributed by atoms with Crippen LogP contribution < -0.4 is 5.56 Å². The highest BCUT2D eigenvalue weighted by Crippen LogP contribution is 2.28. The third-order valence-corrected chi connectivity index (χ3v) is 4.39. The van der Waals surface area contributed by atoms with Crippen LogP contribution in [0.3, 0.4) is 0 Å². The quantitative estimate of drug-likeness (QED) is 0.510. The molecular formula is C19H13Cl2N3O. The van der Waals surface area contributed by atoms with E-state index in [2.05, 4.69) is 4.98 Å². The zero-order valence-corrected chi connectivity index (χ0v) is 14.8. The van der Waals surface area contributed by atoms with Gasteiger partial charge in [0.05, 0.1) is 11.4 Å². The lowest BCUT2D eigenvalue weighted by Gasteiger charge is -2.12. The highest BCUT2D eigenvalue weighted by Gasteiger charge is 2.15. The van der Waals surface area contributed by atoms with Crippen molar-refractivity contribution in [3.8, 4) is 16.9 Å². The Morgan fingerprint density at radius 3 is 2.36 bits per heavy atom. The zero-order chi connectivity index (χ0) is 17.6. The van der Waals surface area contributed by atoms with Gasteiger partial charge in [-0.25, -0.2) is 9.67 Å². The fourth-order valence-corrected chi connectivity index (χ4v) is 3.29. The maximum Gasteiger partial charge on any atom is 0.273 e. The Morgan fingerprint density at radius 1 is 0.920 bits per heavy atom. The third-order valence-electron chi connectivity index (χ3n) is 3.92. The van der Waals surface area contributed by atoms with Gasteiger partial charge in [0.25, 0.3) is 5.56 Å². The summed E-state index contributed by atoms with van der Waals surface area (Å²) < 4.78 is 3.34. The first-order valence-electron chi connectivity index (χ1n) is 7.67.